The van der Waals surface area contributed by atoms with Gasteiger partial charge >= 0.3 is 0 Å². The van der Waals surface area contributed by atoms with Crippen molar-refractivity contribution in [2.24, 2.45) is 46.2 Å². The smallest absolute Gasteiger partial charge is 0.0548 e. The molecule has 4 fully saturated rings. The Morgan fingerprint density at radius 3 is 2.62 bits per heavy atom. The third-order valence-electron chi connectivity index (χ3n) is 9.24. The molecule has 4 N–H and O–H groups in total. The number of hydrogen-bond acceptors (Lipinski definition) is 3. The van der Waals surface area contributed by atoms with Crippen LogP contribution in [0.2, 0.25) is 0 Å². The van der Waals surface area contributed by atoms with Crippen molar-refractivity contribution in [2.45, 2.75) is 77.9 Å². The molecule has 0 aromatic carbocycles. The maximum absolute atomic E-state index is 10.5. The van der Waals surface area contributed by atoms with Crippen molar-refractivity contribution in [3.63, 3.8) is 0 Å². The molecule has 1 unspecified atom stereocenters. The second kappa shape index (κ2) is 5.96. The van der Waals surface area contributed by atoms with Crippen LogP contribution in [0.3, 0.4) is 0 Å². The summed E-state index contributed by atoms with van der Waals surface area (Å²) in [4.78, 5) is 0. The van der Waals surface area contributed by atoms with Gasteiger partial charge in [0.05, 0.1) is 6.10 Å². The number of rotatable bonds is 2. The van der Waals surface area contributed by atoms with Crippen molar-refractivity contribution in [1.29, 1.82) is 0 Å². The standard InChI is InChI=1S/C21H38N2O/c1-13(24)19-14(12-22)11-17-15-5-6-18-20(2,8-4-10-23-18)16(15)7-9-21(17,19)3/h13-19,23-24H,4-12,22H2,1-3H3/t13?,14-,15+,16-,17-,18+,19-,20+,21-/m0/s1. The molecule has 3 aliphatic carbocycles. The van der Waals surface area contributed by atoms with Crippen LogP contribution in [0, 0.1) is 40.4 Å². The molecule has 24 heavy (non-hydrogen) atoms. The Kier molecular flexibility index (Phi) is 4.29. The first-order valence-corrected chi connectivity index (χ1v) is 10.5. The van der Waals surface area contributed by atoms with E-state index in [2.05, 4.69) is 19.2 Å². The normalized spacial score (nSPS) is 55.4. The minimum Gasteiger partial charge on any atom is -0.393 e. The van der Waals surface area contributed by atoms with Gasteiger partial charge in [-0.3, -0.25) is 0 Å². The van der Waals surface area contributed by atoms with E-state index in [1.54, 1.807) is 0 Å². The summed E-state index contributed by atoms with van der Waals surface area (Å²) in [6.45, 7) is 9.06. The van der Waals surface area contributed by atoms with E-state index in [4.69, 9.17) is 5.73 Å². The molecule has 3 nitrogen and oxygen atoms in total. The van der Waals surface area contributed by atoms with Crippen molar-refractivity contribution < 1.29 is 5.11 Å². The van der Waals surface area contributed by atoms with Gasteiger partial charge in [-0.05, 0) is 105 Å². The Bertz CT molecular complexity index is 480. The highest BCUT2D eigenvalue weighted by Crippen LogP contribution is 2.67. The molecule has 0 bridgehead atoms. The lowest BCUT2D eigenvalue weighted by Crippen LogP contribution is -2.60. The van der Waals surface area contributed by atoms with Gasteiger partial charge in [0.2, 0.25) is 0 Å². The van der Waals surface area contributed by atoms with Gasteiger partial charge in [-0.15, -0.1) is 0 Å². The van der Waals surface area contributed by atoms with Gasteiger partial charge in [-0.25, -0.2) is 0 Å². The molecule has 138 valence electrons. The Morgan fingerprint density at radius 1 is 1.12 bits per heavy atom. The second-order valence-electron chi connectivity index (χ2n) is 10.1. The van der Waals surface area contributed by atoms with Gasteiger partial charge in [-0.2, -0.15) is 0 Å². The molecule has 1 saturated heterocycles. The zero-order valence-corrected chi connectivity index (χ0v) is 15.9. The van der Waals surface area contributed by atoms with Gasteiger partial charge in [-0.1, -0.05) is 13.8 Å². The first-order chi connectivity index (χ1) is 11.4. The monoisotopic (exact) mass is 334 g/mol. The molecule has 0 spiro atoms. The van der Waals surface area contributed by atoms with Gasteiger partial charge in [0.1, 0.15) is 0 Å². The lowest BCUT2D eigenvalue weighted by atomic mass is 9.47. The molecule has 9 atom stereocenters. The molecule has 3 heteroatoms. The highest BCUT2D eigenvalue weighted by Gasteiger charge is 2.62. The predicted molar refractivity (Wildman–Crippen MR) is 98.5 cm³/mol. The zero-order chi connectivity index (χ0) is 17.1. The van der Waals surface area contributed by atoms with E-state index >= 15 is 0 Å². The van der Waals surface area contributed by atoms with Crippen LogP contribution in [0.5, 0.6) is 0 Å². The summed E-state index contributed by atoms with van der Waals surface area (Å²) >= 11 is 0. The molecular formula is C21H38N2O. The molecule has 0 radical (unpaired) electrons. The Balaban J connectivity index is 1.65. The van der Waals surface area contributed by atoms with Crippen molar-refractivity contribution in [3.8, 4) is 0 Å². The number of piperidine rings is 1. The number of hydrogen-bond donors (Lipinski definition) is 3. The molecule has 3 saturated carbocycles. The van der Waals surface area contributed by atoms with Crippen LogP contribution in [-0.4, -0.2) is 30.3 Å². The van der Waals surface area contributed by atoms with Crippen LogP contribution in [0.4, 0.5) is 0 Å². The Labute approximate surface area is 148 Å². The molecule has 0 aromatic heterocycles. The van der Waals surface area contributed by atoms with Gasteiger partial charge in [0.15, 0.2) is 0 Å². The minimum atomic E-state index is -0.214. The summed E-state index contributed by atoms with van der Waals surface area (Å²) in [5, 5.41) is 14.4. The van der Waals surface area contributed by atoms with Gasteiger partial charge in [0.25, 0.3) is 0 Å². The fraction of sp³-hybridized carbons (Fsp3) is 1.00. The summed E-state index contributed by atoms with van der Waals surface area (Å²) in [5.74, 6) is 3.46. The van der Waals surface area contributed by atoms with Crippen LogP contribution in [0.15, 0.2) is 0 Å². The van der Waals surface area contributed by atoms with Crippen LogP contribution in [0.1, 0.15) is 65.7 Å². The molecule has 0 aromatic rings. The summed E-state index contributed by atoms with van der Waals surface area (Å²) in [7, 11) is 0. The number of aliphatic hydroxyl groups excluding tert-OH is 1. The van der Waals surface area contributed by atoms with E-state index in [0.717, 1.165) is 30.3 Å². The van der Waals surface area contributed by atoms with E-state index in [1.165, 1.54) is 51.5 Å². The van der Waals surface area contributed by atoms with Crippen molar-refractivity contribution in [2.75, 3.05) is 13.1 Å². The predicted octanol–water partition coefficient (Wildman–Crippen LogP) is 3.16. The summed E-state index contributed by atoms with van der Waals surface area (Å²) in [6.07, 6.45) is 9.22. The fourth-order valence-corrected chi connectivity index (χ4v) is 8.30. The highest BCUT2D eigenvalue weighted by atomic mass is 16.3. The topological polar surface area (TPSA) is 58.3 Å². The van der Waals surface area contributed by atoms with Gasteiger partial charge in [0, 0.05) is 6.04 Å². The first-order valence-electron chi connectivity index (χ1n) is 10.5. The summed E-state index contributed by atoms with van der Waals surface area (Å²) < 4.78 is 0. The van der Waals surface area contributed by atoms with Crippen LogP contribution < -0.4 is 11.1 Å². The van der Waals surface area contributed by atoms with E-state index in [9.17, 15) is 5.11 Å². The molecule has 4 rings (SSSR count). The van der Waals surface area contributed by atoms with Crippen LogP contribution >= 0.6 is 0 Å². The quantitative estimate of drug-likeness (QED) is 0.727. The van der Waals surface area contributed by atoms with Crippen molar-refractivity contribution in [3.05, 3.63) is 0 Å². The lowest BCUT2D eigenvalue weighted by molar-refractivity contribution is -0.105. The molecular weight excluding hydrogens is 296 g/mol. The maximum Gasteiger partial charge on any atom is 0.0548 e. The average molecular weight is 335 g/mol. The number of aliphatic hydroxyl groups is 1. The molecule has 0 amide bonds. The summed E-state index contributed by atoms with van der Waals surface area (Å²) in [6, 6.07) is 0.746. The average Bonchev–Trinajstić information content (AvgIpc) is 2.86. The zero-order valence-electron chi connectivity index (χ0n) is 15.9. The third-order valence-corrected chi connectivity index (χ3v) is 9.24. The van der Waals surface area contributed by atoms with E-state index in [-0.39, 0.29) is 6.10 Å². The van der Waals surface area contributed by atoms with Crippen LogP contribution in [-0.2, 0) is 0 Å². The molecule has 4 aliphatic rings. The Morgan fingerprint density at radius 2 is 1.92 bits per heavy atom. The fourth-order valence-electron chi connectivity index (χ4n) is 8.30. The minimum absolute atomic E-state index is 0.214. The molecule has 1 heterocycles. The number of nitrogens with two attached hydrogens (primary N) is 1. The maximum atomic E-state index is 10.5. The first kappa shape index (κ1) is 17.3. The van der Waals surface area contributed by atoms with Gasteiger partial charge < -0.3 is 16.2 Å². The lowest BCUT2D eigenvalue weighted by Gasteiger charge is -2.60. The van der Waals surface area contributed by atoms with E-state index < -0.39 is 0 Å². The Hall–Kier alpha value is -0.120. The molecule has 1 aliphatic heterocycles. The van der Waals surface area contributed by atoms with E-state index in [0.29, 0.717) is 22.7 Å². The number of fused-ring (bicyclic) bond motifs is 5. The second-order valence-corrected chi connectivity index (χ2v) is 10.1. The highest BCUT2D eigenvalue weighted by molar-refractivity contribution is 5.12. The summed E-state index contributed by atoms with van der Waals surface area (Å²) in [5.41, 5.74) is 6.97. The van der Waals surface area contributed by atoms with Crippen molar-refractivity contribution in [1.82, 2.24) is 5.32 Å². The van der Waals surface area contributed by atoms with E-state index in [1.807, 2.05) is 6.92 Å². The SMILES string of the molecule is CC(O)[C@H]1[C@H](CN)C[C@H]2[C@@H]3CC[C@H]4NCCC[C@]4(C)[C@H]3CC[C@@]21C. The number of nitrogens with one attached hydrogen (secondary N) is 1. The largest absolute Gasteiger partial charge is 0.393 e. The van der Waals surface area contributed by atoms with Crippen molar-refractivity contribution >= 4 is 0 Å². The van der Waals surface area contributed by atoms with Crippen LogP contribution in [0.25, 0.3) is 0 Å². The third kappa shape index (κ3) is 2.27.